The Morgan fingerprint density at radius 3 is 2.37 bits per heavy atom. The van der Waals surface area contributed by atoms with E-state index in [0.29, 0.717) is 23.3 Å². The van der Waals surface area contributed by atoms with Crippen LogP contribution in [0.5, 0.6) is 17.2 Å². The van der Waals surface area contributed by atoms with Crippen molar-refractivity contribution in [3.05, 3.63) is 28.6 Å². The Bertz CT molecular complexity index is 763. The fourth-order valence-corrected chi connectivity index (χ4v) is 3.07. The molecule has 0 aliphatic carbocycles. The van der Waals surface area contributed by atoms with E-state index in [2.05, 4.69) is 6.92 Å². The van der Waals surface area contributed by atoms with Crippen LogP contribution < -0.4 is 15.1 Å². The van der Waals surface area contributed by atoms with Crippen molar-refractivity contribution >= 4 is 11.0 Å². The lowest BCUT2D eigenvalue weighted by Gasteiger charge is -2.15. The first-order valence-electron chi connectivity index (χ1n) is 10.1. The summed E-state index contributed by atoms with van der Waals surface area (Å²) in [6.45, 7) is 6.48. The fraction of sp³-hybridized carbons (Fsp3) is 0.591. The van der Waals surface area contributed by atoms with Crippen molar-refractivity contribution in [3.63, 3.8) is 0 Å². The van der Waals surface area contributed by atoms with Crippen LogP contribution in [-0.2, 0) is 0 Å². The second-order valence-electron chi connectivity index (χ2n) is 7.19. The second kappa shape index (κ2) is 10.9. The van der Waals surface area contributed by atoms with Gasteiger partial charge >= 0.3 is 5.63 Å². The molecule has 0 bridgehead atoms. The minimum atomic E-state index is -0.807. The maximum Gasteiger partial charge on any atom is 0.382 e. The van der Waals surface area contributed by atoms with Crippen LogP contribution in [0.4, 0.5) is 0 Å². The van der Waals surface area contributed by atoms with Crippen LogP contribution >= 0.6 is 0 Å². The molecule has 0 aliphatic heterocycles. The number of ether oxygens (including phenoxy) is 2. The second-order valence-corrected chi connectivity index (χ2v) is 7.19. The molecule has 2 rings (SSSR count). The van der Waals surface area contributed by atoms with E-state index < -0.39 is 11.4 Å². The summed E-state index contributed by atoms with van der Waals surface area (Å²) in [4.78, 5) is 11.8. The molecule has 0 atom stereocenters. The van der Waals surface area contributed by atoms with Crippen molar-refractivity contribution in [1.29, 1.82) is 0 Å². The van der Waals surface area contributed by atoms with Crippen LogP contribution in [0.15, 0.2) is 27.4 Å². The average Bonchev–Trinajstić information content (AvgIpc) is 2.63. The molecule has 0 saturated carbocycles. The quantitative estimate of drug-likeness (QED) is 0.374. The third kappa shape index (κ3) is 6.19. The van der Waals surface area contributed by atoms with E-state index in [1.807, 2.05) is 13.8 Å². The van der Waals surface area contributed by atoms with Crippen LogP contribution in [0, 0.1) is 0 Å². The number of hydrogen-bond acceptors (Lipinski definition) is 5. The summed E-state index contributed by atoms with van der Waals surface area (Å²) < 4.78 is 16.8. The summed E-state index contributed by atoms with van der Waals surface area (Å²) in [6, 6.07) is 5.25. The van der Waals surface area contributed by atoms with E-state index in [-0.39, 0.29) is 11.9 Å². The Labute approximate surface area is 161 Å². The summed E-state index contributed by atoms with van der Waals surface area (Å²) in [5.74, 6) is 0.173. The molecule has 1 N–H and O–H groups in total. The molecule has 2 aromatic rings. The Kier molecular flexibility index (Phi) is 8.49. The summed E-state index contributed by atoms with van der Waals surface area (Å²) in [7, 11) is 0. The Morgan fingerprint density at radius 2 is 1.70 bits per heavy atom. The first kappa shape index (κ1) is 21.1. The molecule has 0 spiro atoms. The van der Waals surface area contributed by atoms with Gasteiger partial charge in [-0.25, -0.2) is 4.79 Å². The zero-order valence-corrected chi connectivity index (χ0v) is 16.8. The molecule has 27 heavy (non-hydrogen) atoms. The predicted molar refractivity (Wildman–Crippen MR) is 108 cm³/mol. The van der Waals surface area contributed by atoms with Crippen LogP contribution in [0.25, 0.3) is 11.0 Å². The van der Waals surface area contributed by atoms with Gasteiger partial charge in [0.2, 0.25) is 5.75 Å². The van der Waals surface area contributed by atoms with Gasteiger partial charge in [0.15, 0.2) is 5.75 Å². The van der Waals surface area contributed by atoms with Crippen LogP contribution in [0.1, 0.15) is 72.1 Å². The molecule has 5 nitrogen and oxygen atoms in total. The van der Waals surface area contributed by atoms with E-state index >= 15 is 0 Å². The fourth-order valence-electron chi connectivity index (χ4n) is 3.07. The van der Waals surface area contributed by atoms with Crippen molar-refractivity contribution < 1.29 is 19.0 Å². The molecular weight excluding hydrogens is 344 g/mol. The highest BCUT2D eigenvalue weighted by molar-refractivity contribution is 5.91. The zero-order chi connectivity index (χ0) is 19.6. The van der Waals surface area contributed by atoms with Crippen molar-refractivity contribution in [2.24, 2.45) is 0 Å². The smallest absolute Gasteiger partial charge is 0.382 e. The average molecular weight is 376 g/mol. The summed E-state index contributed by atoms with van der Waals surface area (Å²) in [5, 5.41) is 10.6. The summed E-state index contributed by atoms with van der Waals surface area (Å²) in [5.41, 5.74) is -0.458. The molecule has 0 amide bonds. The molecule has 1 aromatic heterocycles. The van der Waals surface area contributed by atoms with E-state index in [1.54, 1.807) is 18.2 Å². The normalized spacial score (nSPS) is 11.3. The van der Waals surface area contributed by atoms with Gasteiger partial charge in [0.25, 0.3) is 0 Å². The SMILES string of the molecule is CCCCCCCCCCOc1cccc2oc(=O)c(O)c(OC(C)C)c12. The predicted octanol–water partition coefficient (Wildman–Crippen LogP) is 5.81. The molecule has 0 aliphatic rings. The third-order valence-corrected chi connectivity index (χ3v) is 4.44. The van der Waals surface area contributed by atoms with Crippen molar-refractivity contribution in [3.8, 4) is 17.2 Å². The number of benzene rings is 1. The lowest BCUT2D eigenvalue weighted by Crippen LogP contribution is -2.10. The summed E-state index contributed by atoms with van der Waals surface area (Å²) in [6.07, 6.45) is 9.65. The topological polar surface area (TPSA) is 68.9 Å². The summed E-state index contributed by atoms with van der Waals surface area (Å²) >= 11 is 0. The van der Waals surface area contributed by atoms with E-state index in [9.17, 15) is 9.90 Å². The first-order chi connectivity index (χ1) is 13.0. The van der Waals surface area contributed by atoms with Gasteiger partial charge in [-0.05, 0) is 32.4 Å². The highest BCUT2D eigenvalue weighted by atomic mass is 16.5. The van der Waals surface area contributed by atoms with Crippen LogP contribution in [0.2, 0.25) is 0 Å². The van der Waals surface area contributed by atoms with Crippen molar-refractivity contribution in [2.75, 3.05) is 6.61 Å². The molecule has 5 heteroatoms. The minimum Gasteiger partial charge on any atom is -0.499 e. The molecule has 1 heterocycles. The van der Waals surface area contributed by atoms with Gasteiger partial charge in [0.05, 0.1) is 12.7 Å². The maximum atomic E-state index is 11.8. The number of aromatic hydroxyl groups is 1. The standard InChI is InChI=1S/C22H32O5/c1-4-5-6-7-8-9-10-11-15-25-17-13-12-14-18-19(17)21(26-16(2)3)20(23)22(24)27-18/h12-14,16,23H,4-11,15H2,1-3H3. The Balaban J connectivity index is 2.00. The Morgan fingerprint density at radius 1 is 1.04 bits per heavy atom. The van der Waals surface area contributed by atoms with Crippen molar-refractivity contribution in [2.45, 2.75) is 78.2 Å². The van der Waals surface area contributed by atoms with E-state index in [0.717, 1.165) is 12.8 Å². The molecule has 0 radical (unpaired) electrons. The molecule has 150 valence electrons. The van der Waals surface area contributed by atoms with Gasteiger partial charge < -0.3 is 19.0 Å². The molecule has 0 saturated heterocycles. The number of unbranched alkanes of at least 4 members (excludes halogenated alkanes) is 7. The van der Waals surface area contributed by atoms with Gasteiger partial charge in [-0.15, -0.1) is 0 Å². The maximum absolute atomic E-state index is 11.8. The molecule has 1 aromatic carbocycles. The lowest BCUT2D eigenvalue weighted by molar-refractivity contribution is 0.230. The highest BCUT2D eigenvalue weighted by Gasteiger charge is 2.20. The van der Waals surface area contributed by atoms with Gasteiger partial charge in [-0.1, -0.05) is 57.9 Å². The third-order valence-electron chi connectivity index (χ3n) is 4.44. The monoisotopic (exact) mass is 376 g/mol. The van der Waals surface area contributed by atoms with Crippen LogP contribution in [-0.4, -0.2) is 17.8 Å². The molecule has 0 fully saturated rings. The van der Waals surface area contributed by atoms with Gasteiger partial charge in [0.1, 0.15) is 16.7 Å². The number of fused-ring (bicyclic) bond motifs is 1. The van der Waals surface area contributed by atoms with Gasteiger partial charge in [-0.3, -0.25) is 0 Å². The van der Waals surface area contributed by atoms with E-state index in [1.165, 1.54) is 38.5 Å². The van der Waals surface area contributed by atoms with E-state index in [4.69, 9.17) is 13.9 Å². The highest BCUT2D eigenvalue weighted by Crippen LogP contribution is 2.38. The minimum absolute atomic E-state index is 0.128. The lowest BCUT2D eigenvalue weighted by atomic mass is 10.1. The van der Waals surface area contributed by atoms with Crippen LogP contribution in [0.3, 0.4) is 0 Å². The number of hydrogen-bond donors (Lipinski definition) is 1. The number of rotatable bonds is 12. The van der Waals surface area contributed by atoms with Gasteiger partial charge in [-0.2, -0.15) is 0 Å². The molecular formula is C22H32O5. The largest absolute Gasteiger partial charge is 0.499 e. The van der Waals surface area contributed by atoms with Crippen molar-refractivity contribution in [1.82, 2.24) is 0 Å². The zero-order valence-electron chi connectivity index (χ0n) is 16.8. The Hall–Kier alpha value is -2.17. The first-order valence-corrected chi connectivity index (χ1v) is 10.1. The molecule has 0 unspecified atom stereocenters. The van der Waals surface area contributed by atoms with Gasteiger partial charge in [0, 0.05) is 0 Å².